The van der Waals surface area contributed by atoms with Crippen molar-refractivity contribution in [1.29, 1.82) is 0 Å². The Kier molecular flexibility index (Phi) is 2.39. The second kappa shape index (κ2) is 4.06. The first-order chi connectivity index (χ1) is 10.2. The molecule has 1 aliphatic heterocycles. The van der Waals surface area contributed by atoms with Crippen molar-refractivity contribution in [2.24, 2.45) is 0 Å². The van der Waals surface area contributed by atoms with E-state index in [1.54, 1.807) is 14.0 Å². The van der Waals surface area contributed by atoms with Gasteiger partial charge in [0.25, 0.3) is 0 Å². The highest BCUT2D eigenvalue weighted by atomic mass is 16.6. The Morgan fingerprint density at radius 1 is 0.905 bits per heavy atom. The van der Waals surface area contributed by atoms with Crippen molar-refractivity contribution in [3.8, 4) is 5.75 Å². The van der Waals surface area contributed by atoms with E-state index in [9.17, 15) is 4.79 Å². The van der Waals surface area contributed by atoms with Gasteiger partial charge in [0.1, 0.15) is 5.75 Å². The highest BCUT2D eigenvalue weighted by molar-refractivity contribution is 6.16. The number of hydrogen-bond acceptors (Lipinski definition) is 3. The minimum atomic E-state index is -1.06. The molecule has 1 aliphatic rings. The first-order valence-electron chi connectivity index (χ1n) is 6.88. The van der Waals surface area contributed by atoms with Crippen molar-refractivity contribution < 1.29 is 14.3 Å². The van der Waals surface area contributed by atoms with E-state index in [1.807, 2.05) is 42.5 Å². The lowest BCUT2D eigenvalue weighted by Gasteiger charge is -2.20. The Labute approximate surface area is 122 Å². The molecule has 0 radical (unpaired) electrons. The number of methoxy groups -OCH3 is 1. The van der Waals surface area contributed by atoms with E-state index < -0.39 is 5.60 Å². The van der Waals surface area contributed by atoms with E-state index >= 15 is 0 Å². The third-order valence-electron chi connectivity index (χ3n) is 4.35. The zero-order valence-electron chi connectivity index (χ0n) is 11.8. The number of carbonyl (C=O) groups excluding carboxylic acids is 1. The van der Waals surface area contributed by atoms with Crippen LogP contribution < -0.4 is 4.74 Å². The normalized spacial score (nSPS) is 20.8. The topological polar surface area (TPSA) is 35.5 Å². The maximum Gasteiger partial charge on any atom is 0.348 e. The highest BCUT2D eigenvalue weighted by Crippen LogP contribution is 2.49. The third-order valence-corrected chi connectivity index (χ3v) is 4.35. The number of hydrogen-bond donors (Lipinski definition) is 0. The molecule has 0 saturated carbocycles. The Bertz CT molecular complexity index is 897. The van der Waals surface area contributed by atoms with Gasteiger partial charge in [-0.15, -0.1) is 0 Å². The van der Waals surface area contributed by atoms with Crippen LogP contribution in [-0.4, -0.2) is 13.1 Å². The molecule has 0 aliphatic carbocycles. The Morgan fingerprint density at radius 2 is 1.43 bits per heavy atom. The number of fused-ring (bicyclic) bond motifs is 6. The molecule has 0 spiro atoms. The maximum atomic E-state index is 12.3. The zero-order chi connectivity index (χ0) is 14.6. The van der Waals surface area contributed by atoms with Gasteiger partial charge < -0.3 is 9.47 Å². The van der Waals surface area contributed by atoms with E-state index in [1.165, 1.54) is 0 Å². The second-order valence-electron chi connectivity index (χ2n) is 5.42. The van der Waals surface area contributed by atoms with Crippen LogP contribution in [-0.2, 0) is 15.1 Å². The third kappa shape index (κ3) is 1.44. The van der Waals surface area contributed by atoms with E-state index in [-0.39, 0.29) is 5.97 Å². The average Bonchev–Trinajstić information content (AvgIpc) is 2.80. The maximum absolute atomic E-state index is 12.3. The summed E-state index contributed by atoms with van der Waals surface area (Å²) in [6, 6.07) is 16.0. The van der Waals surface area contributed by atoms with Gasteiger partial charge in [0.15, 0.2) is 5.60 Å². The van der Waals surface area contributed by atoms with Crippen LogP contribution in [0, 0.1) is 0 Å². The molecular weight excluding hydrogens is 264 g/mol. The van der Waals surface area contributed by atoms with Crippen molar-refractivity contribution in [2.75, 3.05) is 7.11 Å². The van der Waals surface area contributed by atoms with Gasteiger partial charge in [0.2, 0.25) is 0 Å². The fourth-order valence-electron chi connectivity index (χ4n) is 3.17. The van der Waals surface area contributed by atoms with Gasteiger partial charge in [-0.1, -0.05) is 48.5 Å². The molecule has 1 heterocycles. The largest absolute Gasteiger partial charge is 0.423 e. The SMILES string of the molecule is CO[C@]1(C)C(=O)Oc2c1c1ccccc1c1ccccc21. The Hall–Kier alpha value is -2.39. The molecule has 3 heteroatoms. The van der Waals surface area contributed by atoms with E-state index in [2.05, 4.69) is 6.07 Å². The highest BCUT2D eigenvalue weighted by Gasteiger charge is 2.47. The lowest BCUT2D eigenvalue weighted by Crippen LogP contribution is -2.32. The van der Waals surface area contributed by atoms with Gasteiger partial charge in [0.05, 0.1) is 0 Å². The molecule has 0 N–H and O–H groups in total. The Balaban J connectivity index is 2.29. The first kappa shape index (κ1) is 12.4. The Morgan fingerprint density at radius 3 is 2.05 bits per heavy atom. The predicted octanol–water partition coefficient (Wildman–Crippen LogP) is 3.77. The fourth-order valence-corrected chi connectivity index (χ4v) is 3.17. The summed E-state index contributed by atoms with van der Waals surface area (Å²) in [6.07, 6.45) is 0. The van der Waals surface area contributed by atoms with E-state index in [0.717, 1.165) is 27.1 Å². The van der Waals surface area contributed by atoms with Crippen molar-refractivity contribution >= 4 is 27.5 Å². The molecule has 0 saturated heterocycles. The van der Waals surface area contributed by atoms with Crippen molar-refractivity contribution in [3.63, 3.8) is 0 Å². The molecule has 4 rings (SSSR count). The number of carbonyl (C=O) groups is 1. The summed E-state index contributed by atoms with van der Waals surface area (Å²) in [5.41, 5.74) is -0.233. The average molecular weight is 278 g/mol. The molecule has 104 valence electrons. The van der Waals surface area contributed by atoms with Crippen LogP contribution in [0.5, 0.6) is 5.75 Å². The van der Waals surface area contributed by atoms with Crippen LogP contribution >= 0.6 is 0 Å². The van der Waals surface area contributed by atoms with E-state index in [4.69, 9.17) is 9.47 Å². The smallest absolute Gasteiger partial charge is 0.348 e. The molecular formula is C18H14O3. The van der Waals surface area contributed by atoms with Crippen LogP contribution in [0.25, 0.3) is 21.5 Å². The summed E-state index contributed by atoms with van der Waals surface area (Å²) < 4.78 is 11.1. The number of esters is 1. The summed E-state index contributed by atoms with van der Waals surface area (Å²) in [5.74, 6) is 0.264. The molecule has 21 heavy (non-hydrogen) atoms. The number of benzene rings is 3. The molecule has 3 aromatic rings. The minimum Gasteiger partial charge on any atom is -0.423 e. The van der Waals surface area contributed by atoms with Crippen molar-refractivity contribution in [1.82, 2.24) is 0 Å². The van der Waals surface area contributed by atoms with E-state index in [0.29, 0.717) is 5.75 Å². The van der Waals surface area contributed by atoms with Gasteiger partial charge >= 0.3 is 5.97 Å². The monoisotopic (exact) mass is 278 g/mol. The molecule has 0 bridgehead atoms. The summed E-state index contributed by atoms with van der Waals surface area (Å²) in [6.45, 7) is 1.77. The molecule has 0 fully saturated rings. The fraction of sp³-hybridized carbons (Fsp3) is 0.167. The molecule has 3 nitrogen and oxygen atoms in total. The second-order valence-corrected chi connectivity index (χ2v) is 5.42. The van der Waals surface area contributed by atoms with Crippen LogP contribution in [0.1, 0.15) is 12.5 Å². The zero-order valence-corrected chi connectivity index (χ0v) is 11.8. The van der Waals surface area contributed by atoms with Crippen LogP contribution in [0.4, 0.5) is 0 Å². The van der Waals surface area contributed by atoms with Gasteiger partial charge in [-0.05, 0) is 23.1 Å². The predicted molar refractivity (Wildman–Crippen MR) is 81.5 cm³/mol. The van der Waals surface area contributed by atoms with Crippen molar-refractivity contribution in [3.05, 3.63) is 54.1 Å². The van der Waals surface area contributed by atoms with Crippen molar-refractivity contribution in [2.45, 2.75) is 12.5 Å². The van der Waals surface area contributed by atoms with Gasteiger partial charge in [0, 0.05) is 18.1 Å². The molecule has 0 aromatic heterocycles. The summed E-state index contributed by atoms with van der Waals surface area (Å²) in [5, 5.41) is 4.13. The quantitative estimate of drug-likeness (QED) is 0.386. The summed E-state index contributed by atoms with van der Waals surface area (Å²) in [4.78, 5) is 12.3. The molecule has 0 amide bonds. The minimum absolute atomic E-state index is 0.360. The standard InChI is InChI=1S/C18H14O3/c1-18(20-2)15-13-9-5-3-7-11(13)12-8-4-6-10-14(12)16(15)21-17(18)19/h3-10H,1-2H3/t18-/m0/s1. The number of ether oxygens (including phenoxy) is 2. The van der Waals surface area contributed by atoms with Gasteiger partial charge in [-0.25, -0.2) is 4.79 Å². The van der Waals surface area contributed by atoms with Crippen LogP contribution in [0.15, 0.2) is 48.5 Å². The molecule has 1 atom stereocenters. The van der Waals surface area contributed by atoms with Crippen LogP contribution in [0.2, 0.25) is 0 Å². The van der Waals surface area contributed by atoms with Gasteiger partial charge in [-0.2, -0.15) is 0 Å². The van der Waals surface area contributed by atoms with Gasteiger partial charge in [-0.3, -0.25) is 0 Å². The molecule has 3 aromatic carbocycles. The van der Waals surface area contributed by atoms with Crippen LogP contribution in [0.3, 0.4) is 0 Å². The lowest BCUT2D eigenvalue weighted by molar-refractivity contribution is -0.153. The molecule has 0 unspecified atom stereocenters. The first-order valence-corrected chi connectivity index (χ1v) is 6.88. The number of rotatable bonds is 1. The lowest BCUT2D eigenvalue weighted by atomic mass is 9.88. The summed E-state index contributed by atoms with van der Waals surface area (Å²) >= 11 is 0. The summed E-state index contributed by atoms with van der Waals surface area (Å²) in [7, 11) is 1.54.